The zero-order chi connectivity index (χ0) is 14.0. The van der Waals surface area contributed by atoms with Gasteiger partial charge >= 0.3 is 0 Å². The Hall–Kier alpha value is -1.26. The molecular formula is C16H24N2O2. The minimum Gasteiger partial charge on any atom is -0.454 e. The fourth-order valence-corrected chi connectivity index (χ4v) is 3.01. The molecule has 1 saturated heterocycles. The van der Waals surface area contributed by atoms with Crippen molar-refractivity contribution in [3.63, 3.8) is 0 Å². The normalized spacial score (nSPS) is 21.1. The standard InChI is InChI=1S/C16H24N2O2/c1-16(2)11-17-7-9-18(16)8-3-4-13-5-6-14-15(10-13)20-12-19-14/h5-6,10,17H,3-4,7-9,11-12H2,1-2H3. The second kappa shape index (κ2) is 5.62. The molecule has 1 aromatic carbocycles. The van der Waals surface area contributed by atoms with E-state index in [9.17, 15) is 0 Å². The Morgan fingerprint density at radius 1 is 1.25 bits per heavy atom. The van der Waals surface area contributed by atoms with E-state index in [1.807, 2.05) is 6.07 Å². The first kappa shape index (κ1) is 13.7. The highest BCUT2D eigenvalue weighted by Gasteiger charge is 2.28. The van der Waals surface area contributed by atoms with Gasteiger partial charge in [-0.1, -0.05) is 6.07 Å². The summed E-state index contributed by atoms with van der Waals surface area (Å²) in [6.45, 7) is 9.48. The van der Waals surface area contributed by atoms with Gasteiger partial charge in [0.25, 0.3) is 0 Å². The van der Waals surface area contributed by atoms with Crippen molar-refractivity contribution in [2.75, 3.05) is 33.0 Å². The van der Waals surface area contributed by atoms with Gasteiger partial charge in [0.2, 0.25) is 6.79 Å². The van der Waals surface area contributed by atoms with Gasteiger partial charge in [-0.2, -0.15) is 0 Å². The number of aryl methyl sites for hydroxylation is 1. The van der Waals surface area contributed by atoms with Gasteiger partial charge in [-0.25, -0.2) is 0 Å². The van der Waals surface area contributed by atoms with Crippen molar-refractivity contribution in [2.45, 2.75) is 32.2 Å². The molecular weight excluding hydrogens is 252 g/mol. The van der Waals surface area contributed by atoms with Gasteiger partial charge in [0.1, 0.15) is 0 Å². The number of nitrogens with one attached hydrogen (secondary N) is 1. The van der Waals surface area contributed by atoms with Crippen LogP contribution in [-0.4, -0.2) is 43.4 Å². The van der Waals surface area contributed by atoms with E-state index in [4.69, 9.17) is 9.47 Å². The maximum absolute atomic E-state index is 5.43. The lowest BCUT2D eigenvalue weighted by Crippen LogP contribution is -2.58. The minimum absolute atomic E-state index is 0.271. The van der Waals surface area contributed by atoms with Crippen molar-refractivity contribution in [1.29, 1.82) is 0 Å². The quantitative estimate of drug-likeness (QED) is 0.912. The molecule has 0 atom stereocenters. The Balaban J connectivity index is 1.52. The maximum Gasteiger partial charge on any atom is 0.231 e. The van der Waals surface area contributed by atoms with Crippen LogP contribution in [0.2, 0.25) is 0 Å². The molecule has 0 amide bonds. The van der Waals surface area contributed by atoms with Gasteiger partial charge in [-0.3, -0.25) is 4.90 Å². The second-order valence-electron chi connectivity index (χ2n) is 6.27. The predicted molar refractivity (Wildman–Crippen MR) is 79.4 cm³/mol. The first-order valence-electron chi connectivity index (χ1n) is 7.49. The van der Waals surface area contributed by atoms with Gasteiger partial charge < -0.3 is 14.8 Å². The summed E-state index contributed by atoms with van der Waals surface area (Å²) in [5, 5.41) is 3.47. The highest BCUT2D eigenvalue weighted by molar-refractivity contribution is 5.44. The third kappa shape index (κ3) is 2.91. The van der Waals surface area contributed by atoms with Crippen molar-refractivity contribution in [3.8, 4) is 11.5 Å². The zero-order valence-electron chi connectivity index (χ0n) is 12.4. The summed E-state index contributed by atoms with van der Waals surface area (Å²) in [6.07, 6.45) is 2.28. The van der Waals surface area contributed by atoms with E-state index in [2.05, 4.69) is 36.2 Å². The zero-order valence-corrected chi connectivity index (χ0v) is 12.4. The molecule has 4 heteroatoms. The Labute approximate surface area is 121 Å². The van der Waals surface area contributed by atoms with Crippen LogP contribution >= 0.6 is 0 Å². The molecule has 110 valence electrons. The van der Waals surface area contributed by atoms with Gasteiger partial charge in [0.05, 0.1) is 0 Å². The third-order valence-corrected chi connectivity index (χ3v) is 4.30. The van der Waals surface area contributed by atoms with Crippen LogP contribution in [0.1, 0.15) is 25.8 Å². The lowest BCUT2D eigenvalue weighted by Gasteiger charge is -2.43. The third-order valence-electron chi connectivity index (χ3n) is 4.30. The average Bonchev–Trinajstić information content (AvgIpc) is 2.88. The second-order valence-corrected chi connectivity index (χ2v) is 6.27. The molecule has 0 spiro atoms. The molecule has 0 unspecified atom stereocenters. The van der Waals surface area contributed by atoms with E-state index in [0.29, 0.717) is 6.79 Å². The van der Waals surface area contributed by atoms with E-state index in [-0.39, 0.29) is 5.54 Å². The fourth-order valence-electron chi connectivity index (χ4n) is 3.01. The highest BCUT2D eigenvalue weighted by Crippen LogP contribution is 2.32. The first-order chi connectivity index (χ1) is 9.65. The van der Waals surface area contributed by atoms with E-state index in [1.165, 1.54) is 12.0 Å². The van der Waals surface area contributed by atoms with Crippen LogP contribution in [0, 0.1) is 0 Å². The van der Waals surface area contributed by atoms with Crippen LogP contribution in [-0.2, 0) is 6.42 Å². The largest absolute Gasteiger partial charge is 0.454 e. The van der Waals surface area contributed by atoms with E-state index in [0.717, 1.165) is 44.1 Å². The molecule has 4 nitrogen and oxygen atoms in total. The molecule has 0 radical (unpaired) electrons. The number of nitrogens with zero attached hydrogens (tertiary/aromatic N) is 1. The maximum atomic E-state index is 5.43. The number of hydrogen-bond acceptors (Lipinski definition) is 4. The molecule has 0 aromatic heterocycles. The molecule has 2 aliphatic heterocycles. The molecule has 0 bridgehead atoms. The Morgan fingerprint density at radius 2 is 2.10 bits per heavy atom. The molecule has 0 saturated carbocycles. The molecule has 2 heterocycles. The monoisotopic (exact) mass is 276 g/mol. The lowest BCUT2D eigenvalue weighted by molar-refractivity contribution is 0.0895. The Bertz CT molecular complexity index is 474. The number of rotatable bonds is 4. The summed E-state index contributed by atoms with van der Waals surface area (Å²) in [6, 6.07) is 6.29. The van der Waals surface area contributed by atoms with Crippen LogP contribution in [0.25, 0.3) is 0 Å². The van der Waals surface area contributed by atoms with Crippen LogP contribution in [0.5, 0.6) is 11.5 Å². The van der Waals surface area contributed by atoms with Crippen LogP contribution in [0.3, 0.4) is 0 Å². The lowest BCUT2D eigenvalue weighted by atomic mass is 9.99. The number of fused-ring (bicyclic) bond motifs is 1. The summed E-state index contributed by atoms with van der Waals surface area (Å²) in [7, 11) is 0. The SMILES string of the molecule is CC1(C)CNCCN1CCCc1ccc2c(c1)OCO2. The summed E-state index contributed by atoms with van der Waals surface area (Å²) in [4.78, 5) is 2.59. The molecule has 3 rings (SSSR count). The number of hydrogen-bond donors (Lipinski definition) is 1. The fraction of sp³-hybridized carbons (Fsp3) is 0.625. The highest BCUT2D eigenvalue weighted by atomic mass is 16.7. The van der Waals surface area contributed by atoms with E-state index >= 15 is 0 Å². The number of benzene rings is 1. The molecule has 1 aromatic rings. The summed E-state index contributed by atoms with van der Waals surface area (Å²) in [5.74, 6) is 1.77. The van der Waals surface area contributed by atoms with Gasteiger partial charge in [0.15, 0.2) is 11.5 Å². The smallest absolute Gasteiger partial charge is 0.231 e. The van der Waals surface area contributed by atoms with Crippen LogP contribution in [0.15, 0.2) is 18.2 Å². The van der Waals surface area contributed by atoms with E-state index < -0.39 is 0 Å². The topological polar surface area (TPSA) is 33.7 Å². The van der Waals surface area contributed by atoms with Crippen molar-refractivity contribution >= 4 is 0 Å². The number of ether oxygens (including phenoxy) is 2. The molecule has 0 aliphatic carbocycles. The van der Waals surface area contributed by atoms with Crippen molar-refractivity contribution < 1.29 is 9.47 Å². The first-order valence-corrected chi connectivity index (χ1v) is 7.49. The summed E-state index contributed by atoms with van der Waals surface area (Å²) >= 11 is 0. The number of piperazine rings is 1. The molecule has 1 fully saturated rings. The molecule has 1 N–H and O–H groups in total. The Morgan fingerprint density at radius 3 is 2.95 bits per heavy atom. The van der Waals surface area contributed by atoms with Gasteiger partial charge in [0, 0.05) is 25.2 Å². The van der Waals surface area contributed by atoms with Gasteiger partial charge in [-0.05, 0) is 50.9 Å². The van der Waals surface area contributed by atoms with Crippen LogP contribution < -0.4 is 14.8 Å². The van der Waals surface area contributed by atoms with Crippen molar-refractivity contribution in [3.05, 3.63) is 23.8 Å². The minimum atomic E-state index is 0.271. The van der Waals surface area contributed by atoms with Crippen LogP contribution in [0.4, 0.5) is 0 Å². The van der Waals surface area contributed by atoms with Crippen molar-refractivity contribution in [2.24, 2.45) is 0 Å². The summed E-state index contributed by atoms with van der Waals surface area (Å²) in [5.41, 5.74) is 1.61. The summed E-state index contributed by atoms with van der Waals surface area (Å²) < 4.78 is 10.8. The van der Waals surface area contributed by atoms with Gasteiger partial charge in [-0.15, -0.1) is 0 Å². The molecule has 2 aliphatic rings. The average molecular weight is 276 g/mol. The van der Waals surface area contributed by atoms with E-state index in [1.54, 1.807) is 0 Å². The molecule has 20 heavy (non-hydrogen) atoms. The van der Waals surface area contributed by atoms with Crippen molar-refractivity contribution in [1.82, 2.24) is 10.2 Å². The Kier molecular flexibility index (Phi) is 3.85. The predicted octanol–water partition coefficient (Wildman–Crippen LogP) is 2.03.